The molecule has 0 aromatic rings. The van der Waals surface area contributed by atoms with Crippen LogP contribution in [0.3, 0.4) is 0 Å². The smallest absolute Gasteiger partial charge is 0.316 e. The second kappa shape index (κ2) is 8.32. The molecule has 0 aromatic carbocycles. The Morgan fingerprint density at radius 3 is 2.54 bits per heavy atom. The van der Waals surface area contributed by atoms with E-state index in [0.29, 0.717) is 19.8 Å². The van der Waals surface area contributed by atoms with E-state index in [0.717, 1.165) is 19.4 Å². The van der Waals surface area contributed by atoms with Gasteiger partial charge in [-0.25, -0.2) is 0 Å². The second-order valence-corrected chi connectivity index (χ2v) is 3.11. The molecular weight excluding hydrogens is 190 g/mol. The van der Waals surface area contributed by atoms with Crippen LogP contribution in [-0.2, 0) is 4.74 Å². The van der Waals surface area contributed by atoms with Crippen molar-refractivity contribution in [2.24, 2.45) is 0 Å². The summed E-state index contributed by atoms with van der Waals surface area (Å²) in [4.78, 5) is 12.5. The molecule has 0 aromatic heterocycles. The van der Waals surface area contributed by atoms with Crippen LogP contribution in [0, 0.1) is 0 Å². The highest BCUT2D eigenvalue weighted by atomic mass is 35.5. The maximum absolute atomic E-state index is 10.9. The summed E-state index contributed by atoms with van der Waals surface area (Å²) in [6, 6.07) is 0. The van der Waals surface area contributed by atoms with Gasteiger partial charge in [-0.3, -0.25) is 4.79 Å². The number of halogens is 1. The van der Waals surface area contributed by atoms with Crippen LogP contribution in [0.25, 0.3) is 0 Å². The third-order valence-electron chi connectivity index (χ3n) is 1.74. The average Bonchev–Trinajstić information content (AvgIpc) is 2.10. The molecule has 0 N–H and O–H groups in total. The van der Waals surface area contributed by atoms with E-state index in [1.54, 1.807) is 4.90 Å². The first-order chi connectivity index (χ1) is 6.22. The first-order valence-electron chi connectivity index (χ1n) is 4.74. The van der Waals surface area contributed by atoms with Crippen LogP contribution in [0.4, 0.5) is 4.79 Å². The molecule has 0 aliphatic rings. The number of amides is 1. The Kier molecular flexibility index (Phi) is 8.14. The number of hydrogen-bond donors (Lipinski definition) is 0. The van der Waals surface area contributed by atoms with Crippen molar-refractivity contribution in [2.75, 3.05) is 26.3 Å². The van der Waals surface area contributed by atoms with Crippen molar-refractivity contribution in [3.63, 3.8) is 0 Å². The highest BCUT2D eigenvalue weighted by molar-refractivity contribution is 6.62. The van der Waals surface area contributed by atoms with E-state index in [1.807, 2.05) is 6.92 Å². The number of hydrogen-bond acceptors (Lipinski definition) is 2. The first-order valence-corrected chi connectivity index (χ1v) is 5.12. The standard InChI is InChI=1S/C9H18ClNO2/c1-3-5-6-11(9(10)12)7-8-13-4-2/h3-8H2,1-2H3. The molecule has 0 spiro atoms. The van der Waals surface area contributed by atoms with Crippen molar-refractivity contribution < 1.29 is 9.53 Å². The number of rotatable bonds is 7. The van der Waals surface area contributed by atoms with Crippen molar-refractivity contribution in [1.29, 1.82) is 0 Å². The van der Waals surface area contributed by atoms with Gasteiger partial charge in [0.15, 0.2) is 0 Å². The lowest BCUT2D eigenvalue weighted by molar-refractivity contribution is 0.124. The lowest BCUT2D eigenvalue weighted by atomic mass is 10.3. The summed E-state index contributed by atoms with van der Waals surface area (Å²) in [5.41, 5.74) is 0. The first kappa shape index (κ1) is 12.7. The molecule has 4 heteroatoms. The third-order valence-corrected chi connectivity index (χ3v) is 1.98. The molecular formula is C9H18ClNO2. The molecule has 3 nitrogen and oxygen atoms in total. The number of carbonyl (C=O) groups is 1. The van der Waals surface area contributed by atoms with Crippen LogP contribution < -0.4 is 0 Å². The van der Waals surface area contributed by atoms with Crippen LogP contribution in [0.5, 0.6) is 0 Å². The fourth-order valence-corrected chi connectivity index (χ4v) is 1.12. The molecule has 0 fully saturated rings. The Balaban J connectivity index is 3.61. The third kappa shape index (κ3) is 6.84. The van der Waals surface area contributed by atoms with Crippen molar-refractivity contribution in [3.05, 3.63) is 0 Å². The molecule has 0 saturated carbocycles. The quantitative estimate of drug-likeness (QED) is 0.365. The Bertz CT molecular complexity index is 142. The molecule has 78 valence electrons. The van der Waals surface area contributed by atoms with Gasteiger partial charge in [-0.05, 0) is 24.9 Å². The SMILES string of the molecule is CCCCN(CCOCC)C(=O)Cl. The molecule has 0 heterocycles. The van der Waals surface area contributed by atoms with Gasteiger partial charge < -0.3 is 9.64 Å². The number of nitrogens with zero attached hydrogens (tertiary/aromatic N) is 1. The van der Waals surface area contributed by atoms with E-state index in [9.17, 15) is 4.79 Å². The Labute approximate surface area is 85.0 Å². The molecule has 0 unspecified atom stereocenters. The van der Waals surface area contributed by atoms with E-state index in [2.05, 4.69) is 6.92 Å². The summed E-state index contributed by atoms with van der Waals surface area (Å²) in [7, 11) is 0. The molecule has 0 radical (unpaired) electrons. The van der Waals surface area contributed by atoms with Gasteiger partial charge in [-0.2, -0.15) is 0 Å². The van der Waals surface area contributed by atoms with E-state index in [-0.39, 0.29) is 5.37 Å². The average molecular weight is 208 g/mol. The number of carbonyl (C=O) groups excluding carboxylic acids is 1. The van der Waals surface area contributed by atoms with Gasteiger partial charge in [0.2, 0.25) is 0 Å². The highest BCUT2D eigenvalue weighted by Crippen LogP contribution is 2.00. The van der Waals surface area contributed by atoms with Crippen molar-refractivity contribution >= 4 is 17.0 Å². The zero-order valence-electron chi connectivity index (χ0n) is 8.38. The normalized spacial score (nSPS) is 10.1. The van der Waals surface area contributed by atoms with Crippen molar-refractivity contribution in [1.82, 2.24) is 4.90 Å². The number of unbranched alkanes of at least 4 members (excludes halogenated alkanes) is 1. The maximum atomic E-state index is 10.9. The summed E-state index contributed by atoms with van der Waals surface area (Å²) < 4.78 is 5.14. The van der Waals surface area contributed by atoms with Gasteiger partial charge in [0, 0.05) is 19.7 Å². The lowest BCUT2D eigenvalue weighted by Crippen LogP contribution is -2.30. The maximum Gasteiger partial charge on any atom is 0.316 e. The molecule has 0 saturated heterocycles. The number of ether oxygens (including phenoxy) is 1. The Morgan fingerprint density at radius 1 is 1.38 bits per heavy atom. The van der Waals surface area contributed by atoms with Crippen LogP contribution in [-0.4, -0.2) is 36.6 Å². The van der Waals surface area contributed by atoms with Gasteiger partial charge >= 0.3 is 5.37 Å². The van der Waals surface area contributed by atoms with Crippen LogP contribution >= 0.6 is 11.6 Å². The van der Waals surface area contributed by atoms with Crippen LogP contribution in [0.1, 0.15) is 26.7 Å². The van der Waals surface area contributed by atoms with Gasteiger partial charge in [-0.1, -0.05) is 13.3 Å². The molecule has 0 rings (SSSR count). The summed E-state index contributed by atoms with van der Waals surface area (Å²) in [6.07, 6.45) is 2.06. The lowest BCUT2D eigenvalue weighted by Gasteiger charge is -2.18. The fourth-order valence-electron chi connectivity index (χ4n) is 0.956. The second-order valence-electron chi connectivity index (χ2n) is 2.79. The van der Waals surface area contributed by atoms with Gasteiger partial charge in [0.25, 0.3) is 0 Å². The Morgan fingerprint density at radius 2 is 2.08 bits per heavy atom. The predicted molar refractivity (Wildman–Crippen MR) is 54.2 cm³/mol. The summed E-state index contributed by atoms with van der Waals surface area (Å²) in [5, 5.41) is -0.381. The van der Waals surface area contributed by atoms with Crippen molar-refractivity contribution in [2.45, 2.75) is 26.7 Å². The zero-order valence-corrected chi connectivity index (χ0v) is 9.14. The predicted octanol–water partition coefficient (Wildman–Crippen LogP) is 2.48. The van der Waals surface area contributed by atoms with E-state index >= 15 is 0 Å². The summed E-state index contributed by atoms with van der Waals surface area (Å²) >= 11 is 5.39. The largest absolute Gasteiger partial charge is 0.380 e. The topological polar surface area (TPSA) is 29.5 Å². The fraction of sp³-hybridized carbons (Fsp3) is 0.889. The molecule has 13 heavy (non-hydrogen) atoms. The molecule has 0 aliphatic carbocycles. The van der Waals surface area contributed by atoms with Gasteiger partial charge in [0.05, 0.1) is 6.61 Å². The van der Waals surface area contributed by atoms with Gasteiger partial charge in [0.1, 0.15) is 0 Å². The summed E-state index contributed by atoms with van der Waals surface area (Å²) in [5.74, 6) is 0. The summed E-state index contributed by atoms with van der Waals surface area (Å²) in [6.45, 7) is 6.58. The van der Waals surface area contributed by atoms with E-state index in [1.165, 1.54) is 0 Å². The molecule has 0 aliphatic heterocycles. The Hall–Kier alpha value is -0.280. The van der Waals surface area contributed by atoms with Gasteiger partial charge in [-0.15, -0.1) is 0 Å². The molecule has 0 bridgehead atoms. The van der Waals surface area contributed by atoms with E-state index in [4.69, 9.17) is 16.3 Å². The van der Waals surface area contributed by atoms with E-state index < -0.39 is 0 Å². The van der Waals surface area contributed by atoms with Crippen LogP contribution in [0.15, 0.2) is 0 Å². The minimum Gasteiger partial charge on any atom is -0.380 e. The molecule has 1 amide bonds. The highest BCUT2D eigenvalue weighted by Gasteiger charge is 2.08. The zero-order chi connectivity index (χ0) is 10.1. The van der Waals surface area contributed by atoms with Crippen LogP contribution in [0.2, 0.25) is 0 Å². The monoisotopic (exact) mass is 207 g/mol. The minimum absolute atomic E-state index is 0.381. The minimum atomic E-state index is -0.381. The molecule has 0 atom stereocenters. The van der Waals surface area contributed by atoms with Crippen molar-refractivity contribution in [3.8, 4) is 0 Å².